The third-order valence-electron chi connectivity index (χ3n) is 3.43. The van der Waals surface area contributed by atoms with E-state index in [1.54, 1.807) is 30.4 Å². The van der Waals surface area contributed by atoms with Crippen molar-refractivity contribution in [3.05, 3.63) is 81.5 Å². The maximum Gasteiger partial charge on any atom is 0.276 e. The van der Waals surface area contributed by atoms with Crippen LogP contribution in [0.25, 0.3) is 23.1 Å². The molecule has 0 aliphatic carbocycles. The van der Waals surface area contributed by atoms with Crippen LogP contribution in [-0.4, -0.2) is 9.91 Å². The summed E-state index contributed by atoms with van der Waals surface area (Å²) in [5.41, 5.74) is 3.54. The van der Waals surface area contributed by atoms with Gasteiger partial charge in [0, 0.05) is 11.5 Å². The first kappa shape index (κ1) is 13.9. The van der Waals surface area contributed by atoms with E-state index in [9.17, 15) is 10.1 Å². The minimum absolute atomic E-state index is 0.0927. The van der Waals surface area contributed by atoms with E-state index >= 15 is 0 Å². The van der Waals surface area contributed by atoms with E-state index in [1.165, 1.54) is 11.6 Å². The van der Waals surface area contributed by atoms with Crippen molar-refractivity contribution < 1.29 is 4.92 Å². The van der Waals surface area contributed by atoms with Crippen LogP contribution in [0.5, 0.6) is 0 Å². The third kappa shape index (κ3) is 2.86. The van der Waals surface area contributed by atoms with Crippen molar-refractivity contribution in [2.45, 2.75) is 6.92 Å². The van der Waals surface area contributed by atoms with Crippen molar-refractivity contribution in [1.82, 2.24) is 4.98 Å². The van der Waals surface area contributed by atoms with Gasteiger partial charge in [0.15, 0.2) is 0 Å². The van der Waals surface area contributed by atoms with E-state index in [-0.39, 0.29) is 10.6 Å². The number of nitrogens with zero attached hydrogens (tertiary/aromatic N) is 2. The summed E-state index contributed by atoms with van der Waals surface area (Å²) in [4.78, 5) is 15.2. The van der Waals surface area contributed by atoms with Crippen LogP contribution in [0.15, 0.2) is 54.6 Å². The second kappa shape index (κ2) is 5.77. The SMILES string of the molecule is Cc1ccc2nc(/C=C/c3ccccc3[N+](=O)[O-])ccc2c1. The standard InChI is InChI=1S/C18H14N2O2/c1-13-6-11-17-15(12-13)8-10-16(19-17)9-7-14-4-2-3-5-18(14)20(21)22/h2-12H,1H3/b9-7+. The molecule has 0 bridgehead atoms. The highest BCUT2D eigenvalue weighted by Gasteiger charge is 2.09. The molecular weight excluding hydrogens is 276 g/mol. The van der Waals surface area contributed by atoms with Crippen LogP contribution >= 0.6 is 0 Å². The van der Waals surface area contributed by atoms with Gasteiger partial charge in [0.2, 0.25) is 0 Å². The van der Waals surface area contributed by atoms with Crippen molar-refractivity contribution in [2.24, 2.45) is 0 Å². The molecule has 22 heavy (non-hydrogen) atoms. The lowest BCUT2D eigenvalue weighted by Gasteiger charge is -2.01. The Morgan fingerprint density at radius 2 is 1.86 bits per heavy atom. The number of rotatable bonds is 3. The van der Waals surface area contributed by atoms with Crippen LogP contribution in [0.4, 0.5) is 5.69 Å². The predicted octanol–water partition coefficient (Wildman–Crippen LogP) is 4.62. The molecule has 3 aromatic rings. The number of para-hydroxylation sites is 1. The first-order valence-electron chi connectivity index (χ1n) is 6.92. The van der Waals surface area contributed by atoms with E-state index in [0.717, 1.165) is 16.6 Å². The molecule has 3 rings (SSSR count). The maximum absolute atomic E-state index is 11.0. The molecule has 0 atom stereocenters. The lowest BCUT2D eigenvalue weighted by molar-refractivity contribution is -0.385. The van der Waals surface area contributed by atoms with E-state index in [2.05, 4.69) is 11.1 Å². The van der Waals surface area contributed by atoms with Gasteiger partial charge in [-0.1, -0.05) is 29.8 Å². The fourth-order valence-electron chi connectivity index (χ4n) is 2.32. The molecule has 0 spiro atoms. The molecule has 0 saturated carbocycles. The zero-order valence-corrected chi connectivity index (χ0v) is 12.1. The monoisotopic (exact) mass is 290 g/mol. The number of hydrogen-bond donors (Lipinski definition) is 0. The van der Waals surface area contributed by atoms with E-state index < -0.39 is 0 Å². The van der Waals surface area contributed by atoms with Crippen LogP contribution in [0.1, 0.15) is 16.8 Å². The third-order valence-corrected chi connectivity index (χ3v) is 3.43. The molecule has 0 radical (unpaired) electrons. The quantitative estimate of drug-likeness (QED) is 0.522. The van der Waals surface area contributed by atoms with E-state index in [1.807, 2.05) is 31.2 Å². The molecule has 4 heteroatoms. The summed E-state index contributed by atoms with van der Waals surface area (Å²) in [5, 5.41) is 12.1. The first-order chi connectivity index (χ1) is 10.6. The largest absolute Gasteiger partial charge is 0.276 e. The van der Waals surface area contributed by atoms with Gasteiger partial charge in [-0.05, 0) is 43.3 Å². The van der Waals surface area contributed by atoms with Crippen LogP contribution in [0, 0.1) is 17.0 Å². The molecule has 108 valence electrons. The van der Waals surface area contributed by atoms with Gasteiger partial charge in [0.1, 0.15) is 0 Å². The van der Waals surface area contributed by atoms with Crippen molar-refractivity contribution in [2.75, 3.05) is 0 Å². The van der Waals surface area contributed by atoms with Crippen LogP contribution in [0.2, 0.25) is 0 Å². The molecular formula is C18H14N2O2. The molecule has 1 heterocycles. The topological polar surface area (TPSA) is 56.0 Å². The Morgan fingerprint density at radius 3 is 2.68 bits per heavy atom. The lowest BCUT2D eigenvalue weighted by Crippen LogP contribution is -1.90. The van der Waals surface area contributed by atoms with Crippen molar-refractivity contribution in [3.63, 3.8) is 0 Å². The van der Waals surface area contributed by atoms with Crippen molar-refractivity contribution >= 4 is 28.7 Å². The van der Waals surface area contributed by atoms with Gasteiger partial charge in [-0.15, -0.1) is 0 Å². The van der Waals surface area contributed by atoms with Crippen molar-refractivity contribution in [3.8, 4) is 0 Å². The Labute approximate surface area is 127 Å². The number of nitro benzene ring substituents is 1. The van der Waals surface area contributed by atoms with Gasteiger partial charge in [0.25, 0.3) is 5.69 Å². The second-order valence-electron chi connectivity index (χ2n) is 5.08. The number of fused-ring (bicyclic) bond motifs is 1. The molecule has 0 unspecified atom stereocenters. The highest BCUT2D eigenvalue weighted by Crippen LogP contribution is 2.21. The van der Waals surface area contributed by atoms with Gasteiger partial charge < -0.3 is 0 Å². The number of benzene rings is 2. The summed E-state index contributed by atoms with van der Waals surface area (Å²) in [6, 6.07) is 16.7. The summed E-state index contributed by atoms with van der Waals surface area (Å²) in [6.07, 6.45) is 3.52. The van der Waals surface area contributed by atoms with Crippen LogP contribution in [0.3, 0.4) is 0 Å². The number of aromatic nitrogens is 1. The summed E-state index contributed by atoms with van der Waals surface area (Å²) < 4.78 is 0. The minimum Gasteiger partial charge on any atom is -0.258 e. The lowest BCUT2D eigenvalue weighted by atomic mass is 10.1. The van der Waals surface area contributed by atoms with Gasteiger partial charge in [-0.3, -0.25) is 10.1 Å². The summed E-state index contributed by atoms with van der Waals surface area (Å²) in [7, 11) is 0. The average Bonchev–Trinajstić information content (AvgIpc) is 2.53. The minimum atomic E-state index is -0.379. The average molecular weight is 290 g/mol. The normalized spacial score (nSPS) is 11.1. The Morgan fingerprint density at radius 1 is 1.05 bits per heavy atom. The highest BCUT2D eigenvalue weighted by atomic mass is 16.6. The molecule has 1 aromatic heterocycles. The maximum atomic E-state index is 11.0. The molecule has 0 aliphatic heterocycles. The Hall–Kier alpha value is -3.01. The van der Waals surface area contributed by atoms with Gasteiger partial charge in [-0.25, -0.2) is 4.98 Å². The summed E-state index contributed by atoms with van der Waals surface area (Å²) >= 11 is 0. The predicted molar refractivity (Wildman–Crippen MR) is 88.5 cm³/mol. The van der Waals surface area contributed by atoms with Gasteiger partial charge in [0.05, 0.1) is 21.7 Å². The zero-order valence-electron chi connectivity index (χ0n) is 12.1. The summed E-state index contributed by atoms with van der Waals surface area (Å²) in [5.74, 6) is 0. The fraction of sp³-hybridized carbons (Fsp3) is 0.0556. The molecule has 0 fully saturated rings. The molecule has 2 aromatic carbocycles. The molecule has 0 saturated heterocycles. The van der Waals surface area contributed by atoms with Gasteiger partial charge >= 0.3 is 0 Å². The highest BCUT2D eigenvalue weighted by molar-refractivity contribution is 5.82. The fourth-order valence-corrected chi connectivity index (χ4v) is 2.32. The number of hydrogen-bond acceptors (Lipinski definition) is 3. The van der Waals surface area contributed by atoms with E-state index in [0.29, 0.717) is 5.56 Å². The molecule has 0 N–H and O–H groups in total. The summed E-state index contributed by atoms with van der Waals surface area (Å²) in [6.45, 7) is 2.04. The Bertz CT molecular complexity index is 885. The number of aryl methyl sites for hydroxylation is 1. The Balaban J connectivity index is 1.96. The van der Waals surface area contributed by atoms with Crippen molar-refractivity contribution in [1.29, 1.82) is 0 Å². The van der Waals surface area contributed by atoms with Crippen LogP contribution in [-0.2, 0) is 0 Å². The van der Waals surface area contributed by atoms with Crippen LogP contribution < -0.4 is 0 Å². The zero-order chi connectivity index (χ0) is 15.5. The van der Waals surface area contributed by atoms with E-state index in [4.69, 9.17) is 0 Å². The number of pyridine rings is 1. The second-order valence-corrected chi connectivity index (χ2v) is 5.08. The Kier molecular flexibility index (Phi) is 3.66. The molecule has 0 amide bonds. The first-order valence-corrected chi connectivity index (χ1v) is 6.92. The smallest absolute Gasteiger partial charge is 0.258 e. The molecule has 0 aliphatic rings. The number of nitro groups is 1. The molecule has 4 nitrogen and oxygen atoms in total. The van der Waals surface area contributed by atoms with Gasteiger partial charge in [-0.2, -0.15) is 0 Å².